The third-order valence-electron chi connectivity index (χ3n) is 4.27. The number of aromatic amines is 1. The molecule has 0 bridgehead atoms. The van der Waals surface area contributed by atoms with Crippen LogP contribution in [0.2, 0.25) is 0 Å². The van der Waals surface area contributed by atoms with Gasteiger partial charge in [-0.3, -0.25) is 4.79 Å². The van der Waals surface area contributed by atoms with E-state index in [-0.39, 0.29) is 19.2 Å². The van der Waals surface area contributed by atoms with Crippen molar-refractivity contribution in [2.45, 2.75) is 20.0 Å². The van der Waals surface area contributed by atoms with E-state index in [1.165, 1.54) is 9.47 Å². The molecule has 0 saturated carbocycles. The molecule has 140 valence electrons. The number of imidazole rings is 1. The molecule has 0 radical (unpaired) electrons. The Morgan fingerprint density at radius 2 is 2.15 bits per heavy atom. The maximum Gasteiger partial charge on any atom is 0.351 e. The van der Waals surface area contributed by atoms with Crippen LogP contribution in [0.4, 0.5) is 0 Å². The summed E-state index contributed by atoms with van der Waals surface area (Å²) in [6, 6.07) is 5.20. The SMILES string of the molecule is Cc1nn(CC(=O)N(C)Cc2ncc[nH]2)c(=O)n1-c1ccc2c(c1)OCO2. The standard InChI is InChI=1S/C17H18N6O4/c1-11-20-22(9-16(24)21(2)8-15-18-5-6-19-15)17(25)23(11)12-3-4-13-14(7-12)27-10-26-13/h3-7H,8-10H2,1-2H3,(H,18,19). The van der Waals surface area contributed by atoms with E-state index in [9.17, 15) is 9.59 Å². The summed E-state index contributed by atoms with van der Waals surface area (Å²) < 4.78 is 13.2. The quantitative estimate of drug-likeness (QED) is 0.699. The van der Waals surface area contributed by atoms with Crippen LogP contribution in [-0.4, -0.2) is 49.0 Å². The average molecular weight is 370 g/mol. The van der Waals surface area contributed by atoms with Crippen LogP contribution in [0, 0.1) is 6.92 Å². The van der Waals surface area contributed by atoms with Crippen LogP contribution in [0.15, 0.2) is 35.4 Å². The van der Waals surface area contributed by atoms with E-state index in [0.29, 0.717) is 35.4 Å². The Labute approximate surface area is 154 Å². The Kier molecular flexibility index (Phi) is 4.15. The van der Waals surface area contributed by atoms with Gasteiger partial charge in [0.2, 0.25) is 12.7 Å². The van der Waals surface area contributed by atoms with Gasteiger partial charge in [-0.2, -0.15) is 5.10 Å². The minimum atomic E-state index is -0.397. The second kappa shape index (κ2) is 6.63. The first-order chi connectivity index (χ1) is 13.0. The molecule has 1 aromatic carbocycles. The number of aryl methyl sites for hydroxylation is 1. The van der Waals surface area contributed by atoms with Gasteiger partial charge >= 0.3 is 5.69 Å². The summed E-state index contributed by atoms with van der Waals surface area (Å²) in [7, 11) is 1.65. The number of benzene rings is 1. The zero-order valence-corrected chi connectivity index (χ0v) is 14.9. The first kappa shape index (κ1) is 16.9. The Morgan fingerprint density at radius 3 is 2.93 bits per heavy atom. The monoisotopic (exact) mass is 370 g/mol. The molecule has 4 rings (SSSR count). The van der Waals surface area contributed by atoms with Gasteiger partial charge in [-0.15, -0.1) is 0 Å². The maximum atomic E-state index is 12.8. The molecule has 0 fully saturated rings. The van der Waals surface area contributed by atoms with Crippen molar-refractivity contribution in [1.29, 1.82) is 0 Å². The van der Waals surface area contributed by atoms with E-state index < -0.39 is 5.69 Å². The zero-order valence-electron chi connectivity index (χ0n) is 14.9. The number of amides is 1. The van der Waals surface area contributed by atoms with Gasteiger partial charge in [0.1, 0.15) is 18.2 Å². The van der Waals surface area contributed by atoms with Gasteiger partial charge in [0, 0.05) is 25.5 Å². The molecule has 0 saturated heterocycles. The van der Waals surface area contributed by atoms with Gasteiger partial charge in [0.15, 0.2) is 11.5 Å². The van der Waals surface area contributed by atoms with Crippen molar-refractivity contribution in [2.75, 3.05) is 13.8 Å². The average Bonchev–Trinajstić information content (AvgIpc) is 3.36. The lowest BCUT2D eigenvalue weighted by Gasteiger charge is -2.15. The Morgan fingerprint density at radius 1 is 1.33 bits per heavy atom. The third-order valence-corrected chi connectivity index (χ3v) is 4.27. The molecule has 0 spiro atoms. The molecular weight excluding hydrogens is 352 g/mol. The van der Waals surface area contributed by atoms with Gasteiger partial charge in [-0.25, -0.2) is 19.0 Å². The van der Waals surface area contributed by atoms with Crippen molar-refractivity contribution in [3.63, 3.8) is 0 Å². The smallest absolute Gasteiger partial charge is 0.351 e. The maximum absolute atomic E-state index is 12.8. The van der Waals surface area contributed by atoms with E-state index in [0.717, 1.165) is 4.68 Å². The number of carbonyl (C=O) groups is 1. The number of carbonyl (C=O) groups excluding carboxylic acids is 1. The van der Waals surface area contributed by atoms with E-state index in [1.54, 1.807) is 44.6 Å². The molecule has 0 atom stereocenters. The number of nitrogens with one attached hydrogen (secondary N) is 1. The van der Waals surface area contributed by atoms with Gasteiger partial charge in [0.25, 0.3) is 0 Å². The number of nitrogens with zero attached hydrogens (tertiary/aromatic N) is 5. The lowest BCUT2D eigenvalue weighted by Crippen LogP contribution is -2.34. The highest BCUT2D eigenvalue weighted by molar-refractivity contribution is 5.75. The fourth-order valence-corrected chi connectivity index (χ4v) is 2.89. The molecule has 1 amide bonds. The second-order valence-electron chi connectivity index (χ2n) is 6.15. The van der Waals surface area contributed by atoms with Crippen molar-refractivity contribution >= 4 is 5.91 Å². The normalized spacial score (nSPS) is 12.4. The fraction of sp³-hybridized carbons (Fsp3) is 0.294. The summed E-state index contributed by atoms with van der Waals surface area (Å²) in [5.41, 5.74) is 0.204. The topological polar surface area (TPSA) is 107 Å². The molecule has 3 aromatic rings. The van der Waals surface area contributed by atoms with E-state index in [1.807, 2.05) is 0 Å². The highest BCUT2D eigenvalue weighted by Crippen LogP contribution is 2.33. The number of hydrogen-bond acceptors (Lipinski definition) is 6. The minimum absolute atomic E-state index is 0.155. The van der Waals surface area contributed by atoms with Gasteiger partial charge < -0.3 is 19.4 Å². The molecule has 3 heterocycles. The summed E-state index contributed by atoms with van der Waals surface area (Å²) in [4.78, 5) is 33.7. The lowest BCUT2D eigenvalue weighted by atomic mass is 10.2. The van der Waals surface area contributed by atoms with Crippen LogP contribution in [0.25, 0.3) is 5.69 Å². The van der Waals surface area contributed by atoms with Crippen molar-refractivity contribution < 1.29 is 14.3 Å². The molecule has 10 nitrogen and oxygen atoms in total. The number of hydrogen-bond donors (Lipinski definition) is 1. The fourth-order valence-electron chi connectivity index (χ4n) is 2.89. The van der Waals surface area contributed by atoms with Crippen molar-refractivity contribution in [3.05, 3.63) is 52.7 Å². The number of rotatable bonds is 5. The second-order valence-corrected chi connectivity index (χ2v) is 6.15. The molecule has 2 aromatic heterocycles. The predicted molar refractivity (Wildman–Crippen MR) is 93.7 cm³/mol. The molecule has 0 unspecified atom stereocenters. The van der Waals surface area contributed by atoms with Gasteiger partial charge in [-0.1, -0.05) is 0 Å². The molecule has 27 heavy (non-hydrogen) atoms. The number of fused-ring (bicyclic) bond motifs is 1. The lowest BCUT2D eigenvalue weighted by molar-refractivity contribution is -0.131. The molecule has 10 heteroatoms. The van der Waals surface area contributed by atoms with Crippen LogP contribution in [0.1, 0.15) is 11.6 Å². The van der Waals surface area contributed by atoms with Gasteiger partial charge in [-0.05, 0) is 19.1 Å². The van der Waals surface area contributed by atoms with Crippen LogP contribution >= 0.6 is 0 Å². The van der Waals surface area contributed by atoms with Crippen molar-refractivity contribution in [2.24, 2.45) is 0 Å². The first-order valence-corrected chi connectivity index (χ1v) is 8.31. The Hall–Kier alpha value is -3.56. The van der Waals surface area contributed by atoms with E-state index in [4.69, 9.17) is 9.47 Å². The first-order valence-electron chi connectivity index (χ1n) is 8.31. The number of H-pyrrole nitrogens is 1. The largest absolute Gasteiger partial charge is 0.454 e. The molecule has 1 aliphatic heterocycles. The van der Waals surface area contributed by atoms with Gasteiger partial charge in [0.05, 0.1) is 12.2 Å². The molecule has 1 aliphatic rings. The van der Waals surface area contributed by atoms with E-state index in [2.05, 4.69) is 15.1 Å². The van der Waals surface area contributed by atoms with Crippen LogP contribution in [0.3, 0.4) is 0 Å². The Balaban J connectivity index is 1.56. The highest BCUT2D eigenvalue weighted by atomic mass is 16.7. The number of likely N-dealkylation sites (N-methyl/N-ethyl adjacent to an activating group) is 1. The summed E-state index contributed by atoms with van der Waals surface area (Å²) in [5.74, 6) is 2.09. The number of aromatic nitrogens is 5. The molecule has 0 aliphatic carbocycles. The summed E-state index contributed by atoms with van der Waals surface area (Å²) in [6.45, 7) is 2.03. The summed E-state index contributed by atoms with van der Waals surface area (Å²) in [5, 5.41) is 4.22. The highest BCUT2D eigenvalue weighted by Gasteiger charge is 2.19. The zero-order chi connectivity index (χ0) is 19.0. The minimum Gasteiger partial charge on any atom is -0.454 e. The Bertz CT molecular complexity index is 1040. The van der Waals surface area contributed by atoms with Crippen molar-refractivity contribution in [3.8, 4) is 17.2 Å². The van der Waals surface area contributed by atoms with E-state index >= 15 is 0 Å². The van der Waals surface area contributed by atoms with Crippen LogP contribution in [0.5, 0.6) is 11.5 Å². The third kappa shape index (κ3) is 3.16. The van der Waals surface area contributed by atoms with Crippen LogP contribution in [-0.2, 0) is 17.9 Å². The predicted octanol–water partition coefficient (Wildman–Crippen LogP) is 0.453. The van der Waals surface area contributed by atoms with Crippen LogP contribution < -0.4 is 15.2 Å². The number of ether oxygens (including phenoxy) is 2. The molecular formula is C17H18N6O4. The summed E-state index contributed by atoms with van der Waals surface area (Å²) >= 11 is 0. The summed E-state index contributed by atoms with van der Waals surface area (Å²) in [6.07, 6.45) is 3.31. The molecule has 1 N–H and O–H groups in total. The van der Waals surface area contributed by atoms with Crippen molar-refractivity contribution in [1.82, 2.24) is 29.2 Å².